The molecule has 80 valence electrons. The highest BCUT2D eigenvalue weighted by atomic mass is 32.1. The van der Waals surface area contributed by atoms with Gasteiger partial charge < -0.3 is 4.74 Å². The molecule has 0 bridgehead atoms. The van der Waals surface area contributed by atoms with Gasteiger partial charge in [0.15, 0.2) is 0 Å². The van der Waals surface area contributed by atoms with Gasteiger partial charge in [0.1, 0.15) is 0 Å². The first-order valence-electron chi connectivity index (χ1n) is 4.40. The van der Waals surface area contributed by atoms with E-state index in [-0.39, 0.29) is 5.91 Å². The maximum absolute atomic E-state index is 11.3. The fourth-order valence-corrected chi connectivity index (χ4v) is 1.17. The number of thiol groups is 1. The van der Waals surface area contributed by atoms with Crippen molar-refractivity contribution < 1.29 is 14.3 Å². The quantitative estimate of drug-likeness (QED) is 0.604. The minimum absolute atomic E-state index is 0.311. The first-order valence-corrected chi connectivity index (χ1v) is 4.85. The molecule has 0 aliphatic rings. The van der Waals surface area contributed by atoms with Gasteiger partial charge in [-0.3, -0.25) is 9.52 Å². The van der Waals surface area contributed by atoms with E-state index in [0.717, 1.165) is 0 Å². The highest BCUT2D eigenvalue weighted by molar-refractivity contribution is 7.78. The molecule has 0 saturated heterocycles. The summed E-state index contributed by atoms with van der Waals surface area (Å²) in [6.07, 6.45) is 0. The van der Waals surface area contributed by atoms with Crippen molar-refractivity contribution in [3.05, 3.63) is 35.4 Å². The molecule has 1 amide bonds. The lowest BCUT2D eigenvalue weighted by Crippen LogP contribution is -2.13. The van der Waals surface area contributed by atoms with Gasteiger partial charge in [0.25, 0.3) is 5.91 Å². The average Bonchev–Trinajstić information content (AvgIpc) is 2.28. The molecule has 5 heteroatoms. The van der Waals surface area contributed by atoms with E-state index in [0.29, 0.717) is 17.7 Å². The van der Waals surface area contributed by atoms with Crippen LogP contribution in [0.25, 0.3) is 0 Å². The number of hydrogen-bond acceptors (Lipinski definition) is 4. The first-order chi connectivity index (χ1) is 7.19. The van der Waals surface area contributed by atoms with E-state index in [9.17, 15) is 9.59 Å². The van der Waals surface area contributed by atoms with Crippen molar-refractivity contribution in [3.63, 3.8) is 0 Å². The first kappa shape index (κ1) is 11.6. The van der Waals surface area contributed by atoms with Crippen LogP contribution in [0.5, 0.6) is 0 Å². The monoisotopic (exact) mass is 225 g/mol. The summed E-state index contributed by atoms with van der Waals surface area (Å²) in [5, 5.41) is 0. The summed E-state index contributed by atoms with van der Waals surface area (Å²) < 4.78 is 6.99. The fraction of sp³-hybridized carbons (Fsp3) is 0.200. The van der Waals surface area contributed by atoms with E-state index >= 15 is 0 Å². The van der Waals surface area contributed by atoms with Gasteiger partial charge in [-0.25, -0.2) is 4.79 Å². The molecule has 4 nitrogen and oxygen atoms in total. The maximum atomic E-state index is 11.3. The summed E-state index contributed by atoms with van der Waals surface area (Å²) in [6, 6.07) is 6.16. The van der Waals surface area contributed by atoms with Crippen LogP contribution in [0.4, 0.5) is 0 Å². The largest absolute Gasteiger partial charge is 0.462 e. The van der Waals surface area contributed by atoms with Crippen LogP contribution in [0.15, 0.2) is 24.3 Å². The molecule has 0 spiro atoms. The van der Waals surface area contributed by atoms with E-state index in [1.54, 1.807) is 6.92 Å². The minimum Gasteiger partial charge on any atom is -0.462 e. The summed E-state index contributed by atoms with van der Waals surface area (Å²) in [5.41, 5.74) is 0.866. The van der Waals surface area contributed by atoms with Gasteiger partial charge in [0.2, 0.25) is 0 Å². The van der Waals surface area contributed by atoms with E-state index in [2.05, 4.69) is 17.5 Å². The average molecular weight is 225 g/mol. The Kier molecular flexibility index (Phi) is 4.17. The predicted molar refractivity (Wildman–Crippen MR) is 58.9 cm³/mol. The second kappa shape index (κ2) is 5.41. The van der Waals surface area contributed by atoms with Crippen molar-refractivity contribution in [1.29, 1.82) is 0 Å². The standard InChI is InChI=1S/C10H11NO3S/c1-2-14-10(13)8-5-3-7(4-6-8)9(12)11-15/h3-6,15H,2H2,1H3,(H,11,12). The van der Waals surface area contributed by atoms with Crippen LogP contribution in [-0.2, 0) is 4.74 Å². The topological polar surface area (TPSA) is 55.4 Å². The predicted octanol–water partition coefficient (Wildman–Crippen LogP) is 1.44. The van der Waals surface area contributed by atoms with Gasteiger partial charge in [-0.05, 0) is 31.2 Å². The van der Waals surface area contributed by atoms with E-state index in [1.807, 2.05) is 0 Å². The van der Waals surface area contributed by atoms with Crippen LogP contribution >= 0.6 is 12.8 Å². The normalized spacial score (nSPS) is 9.47. The van der Waals surface area contributed by atoms with Gasteiger partial charge in [0.05, 0.1) is 12.2 Å². The second-order valence-corrected chi connectivity index (χ2v) is 2.96. The third kappa shape index (κ3) is 2.99. The molecule has 0 heterocycles. The van der Waals surface area contributed by atoms with Crippen LogP contribution in [0, 0.1) is 0 Å². The van der Waals surface area contributed by atoms with Gasteiger partial charge >= 0.3 is 5.97 Å². The summed E-state index contributed by atoms with van der Waals surface area (Å²) in [5.74, 6) is -0.705. The highest BCUT2D eigenvalue weighted by Gasteiger charge is 2.07. The zero-order chi connectivity index (χ0) is 11.3. The van der Waals surface area contributed by atoms with Gasteiger partial charge in [-0.1, -0.05) is 12.8 Å². The molecule has 0 aromatic heterocycles. The van der Waals surface area contributed by atoms with Crippen molar-refractivity contribution in [3.8, 4) is 0 Å². The zero-order valence-corrected chi connectivity index (χ0v) is 9.08. The van der Waals surface area contributed by atoms with E-state index in [4.69, 9.17) is 4.74 Å². The summed E-state index contributed by atoms with van der Waals surface area (Å²) in [6.45, 7) is 2.07. The molecule has 0 aliphatic carbocycles. The van der Waals surface area contributed by atoms with E-state index < -0.39 is 5.97 Å². The minimum atomic E-state index is -0.393. The highest BCUT2D eigenvalue weighted by Crippen LogP contribution is 2.06. The van der Waals surface area contributed by atoms with Crippen molar-refractivity contribution in [2.24, 2.45) is 0 Å². The van der Waals surface area contributed by atoms with Crippen molar-refractivity contribution in [2.75, 3.05) is 6.61 Å². The third-order valence-electron chi connectivity index (χ3n) is 1.76. The molecule has 0 atom stereocenters. The Hall–Kier alpha value is -1.49. The summed E-state index contributed by atoms with van der Waals surface area (Å²) >= 11 is 3.64. The molecular weight excluding hydrogens is 214 g/mol. The number of rotatable bonds is 3. The molecule has 0 saturated carbocycles. The van der Waals surface area contributed by atoms with Gasteiger partial charge in [-0.15, -0.1) is 0 Å². The Bertz CT molecular complexity index is 361. The van der Waals surface area contributed by atoms with Crippen LogP contribution < -0.4 is 4.72 Å². The Morgan fingerprint density at radius 3 is 2.27 bits per heavy atom. The zero-order valence-electron chi connectivity index (χ0n) is 8.19. The summed E-state index contributed by atoms with van der Waals surface area (Å²) in [7, 11) is 0. The molecule has 0 fully saturated rings. The smallest absolute Gasteiger partial charge is 0.338 e. The molecule has 0 radical (unpaired) electrons. The maximum Gasteiger partial charge on any atom is 0.338 e. The number of nitrogens with one attached hydrogen (secondary N) is 1. The number of amides is 1. The van der Waals surface area contributed by atoms with E-state index in [1.165, 1.54) is 24.3 Å². The Morgan fingerprint density at radius 1 is 1.27 bits per heavy atom. The molecule has 1 aromatic rings. The molecule has 0 aliphatic heterocycles. The van der Waals surface area contributed by atoms with Crippen molar-refractivity contribution >= 4 is 24.7 Å². The number of benzene rings is 1. The number of esters is 1. The van der Waals surface area contributed by atoms with Crippen LogP contribution in [0.1, 0.15) is 27.6 Å². The molecule has 1 rings (SSSR count). The molecular formula is C10H11NO3S. The molecule has 0 unspecified atom stereocenters. The van der Waals surface area contributed by atoms with Crippen molar-refractivity contribution in [2.45, 2.75) is 6.92 Å². The lowest BCUT2D eigenvalue weighted by molar-refractivity contribution is 0.0526. The van der Waals surface area contributed by atoms with Crippen molar-refractivity contribution in [1.82, 2.24) is 4.72 Å². The Morgan fingerprint density at radius 2 is 1.80 bits per heavy atom. The molecule has 15 heavy (non-hydrogen) atoms. The lowest BCUT2D eigenvalue weighted by Gasteiger charge is -2.02. The number of ether oxygens (including phenoxy) is 1. The number of hydrogen-bond donors (Lipinski definition) is 2. The Balaban J connectivity index is 2.80. The van der Waals surface area contributed by atoms with Gasteiger partial charge in [-0.2, -0.15) is 0 Å². The van der Waals surface area contributed by atoms with Crippen LogP contribution in [0.2, 0.25) is 0 Å². The number of carbonyl (C=O) groups is 2. The molecule has 1 aromatic carbocycles. The SMILES string of the molecule is CCOC(=O)c1ccc(C(=O)NS)cc1. The second-order valence-electron chi connectivity index (χ2n) is 2.74. The van der Waals surface area contributed by atoms with Crippen LogP contribution in [-0.4, -0.2) is 18.5 Å². The fourth-order valence-electron chi connectivity index (χ4n) is 1.04. The third-order valence-corrected chi connectivity index (χ3v) is 1.96. The lowest BCUT2D eigenvalue weighted by atomic mass is 10.1. The summed E-state index contributed by atoms with van der Waals surface area (Å²) in [4.78, 5) is 22.4. The van der Waals surface area contributed by atoms with Gasteiger partial charge in [0, 0.05) is 5.56 Å². The Labute approximate surface area is 93.2 Å². The number of carbonyl (C=O) groups excluding carboxylic acids is 2. The molecule has 1 N–H and O–H groups in total. The van der Waals surface area contributed by atoms with Crippen LogP contribution in [0.3, 0.4) is 0 Å².